The van der Waals surface area contributed by atoms with Crippen molar-refractivity contribution in [1.29, 1.82) is 0 Å². The lowest BCUT2D eigenvalue weighted by atomic mass is 10.2. The molecule has 0 saturated heterocycles. The lowest BCUT2D eigenvalue weighted by Gasteiger charge is -2.07. The first-order valence-corrected chi connectivity index (χ1v) is 9.33. The lowest BCUT2D eigenvalue weighted by molar-refractivity contribution is 0.419. The van der Waals surface area contributed by atoms with Gasteiger partial charge in [-0.3, -0.25) is 4.57 Å². The number of aryl methyl sites for hydroxylation is 2. The third-order valence-corrected chi connectivity index (χ3v) is 4.95. The summed E-state index contributed by atoms with van der Waals surface area (Å²) in [6.07, 6.45) is 0. The molecule has 0 atom stereocenters. The van der Waals surface area contributed by atoms with Crippen LogP contribution < -0.4 is 0 Å². The van der Waals surface area contributed by atoms with E-state index >= 15 is 0 Å². The Bertz CT molecular complexity index is 1070. The minimum atomic E-state index is 0.107. The fraction of sp³-hybridized carbons (Fsp3) is 0.158. The molecule has 4 rings (SSSR count). The molecule has 0 aliphatic heterocycles. The van der Waals surface area contributed by atoms with Gasteiger partial charge in [-0.2, -0.15) is 4.98 Å². The monoisotopic (exact) mass is 379 g/mol. The first-order valence-electron chi connectivity index (χ1n) is 8.34. The van der Waals surface area contributed by atoms with Gasteiger partial charge >= 0.3 is 0 Å². The molecule has 0 saturated carbocycles. The third-order valence-electron chi connectivity index (χ3n) is 4.02. The van der Waals surface area contributed by atoms with Crippen LogP contribution in [0.5, 0.6) is 5.75 Å². The summed E-state index contributed by atoms with van der Waals surface area (Å²) in [4.78, 5) is 4.36. The Morgan fingerprint density at radius 3 is 2.59 bits per heavy atom. The smallest absolute Gasteiger partial charge is 0.261 e. The molecule has 2 heterocycles. The number of aromatic nitrogens is 5. The highest BCUT2D eigenvalue weighted by atomic mass is 32.2. The molecule has 4 aromatic rings. The first-order chi connectivity index (χ1) is 13.1. The van der Waals surface area contributed by atoms with E-state index in [-0.39, 0.29) is 5.75 Å². The van der Waals surface area contributed by atoms with Gasteiger partial charge in [-0.1, -0.05) is 46.7 Å². The van der Waals surface area contributed by atoms with E-state index in [1.165, 1.54) is 17.3 Å². The number of hydrogen-bond acceptors (Lipinski definition) is 7. The van der Waals surface area contributed by atoms with Crippen molar-refractivity contribution in [2.75, 3.05) is 0 Å². The third kappa shape index (κ3) is 3.56. The highest BCUT2D eigenvalue weighted by Gasteiger charge is 2.15. The Hall–Kier alpha value is -3.13. The number of para-hydroxylation sites is 1. The number of phenolic OH excluding ortho intramolecular Hbond substituents is 1. The van der Waals surface area contributed by atoms with Gasteiger partial charge in [-0.25, -0.2) is 0 Å². The van der Waals surface area contributed by atoms with Gasteiger partial charge in [0.05, 0.1) is 11.3 Å². The van der Waals surface area contributed by atoms with Crippen LogP contribution in [0.3, 0.4) is 0 Å². The van der Waals surface area contributed by atoms with E-state index in [1.807, 2.05) is 23.6 Å². The molecule has 0 amide bonds. The molecule has 27 heavy (non-hydrogen) atoms. The van der Waals surface area contributed by atoms with Gasteiger partial charge in [-0.05, 0) is 38.1 Å². The minimum Gasteiger partial charge on any atom is -0.507 e. The van der Waals surface area contributed by atoms with Gasteiger partial charge in [-0.15, -0.1) is 10.2 Å². The zero-order valence-corrected chi connectivity index (χ0v) is 15.6. The number of hydrogen-bond donors (Lipinski definition) is 1. The molecule has 136 valence electrons. The summed E-state index contributed by atoms with van der Waals surface area (Å²) < 4.78 is 7.27. The average Bonchev–Trinajstić information content (AvgIpc) is 3.28. The number of aromatic hydroxyl groups is 1. The van der Waals surface area contributed by atoms with Crippen LogP contribution in [-0.2, 0) is 5.75 Å². The molecule has 2 aromatic heterocycles. The zero-order valence-electron chi connectivity index (χ0n) is 14.8. The summed E-state index contributed by atoms with van der Waals surface area (Å²) in [6.45, 7) is 3.97. The lowest BCUT2D eigenvalue weighted by Crippen LogP contribution is -1.99. The molecule has 0 aliphatic carbocycles. The van der Waals surface area contributed by atoms with Crippen molar-refractivity contribution in [3.63, 3.8) is 0 Å². The molecule has 0 radical (unpaired) electrons. The van der Waals surface area contributed by atoms with E-state index in [0.29, 0.717) is 23.0 Å². The molecular weight excluding hydrogens is 362 g/mol. The van der Waals surface area contributed by atoms with Crippen LogP contribution in [0.1, 0.15) is 17.2 Å². The van der Waals surface area contributed by atoms with Gasteiger partial charge in [0, 0.05) is 5.69 Å². The number of thioether (sulfide) groups is 1. The predicted octanol–water partition coefficient (Wildman–Crippen LogP) is 3.93. The molecule has 8 heteroatoms. The topological polar surface area (TPSA) is 89.9 Å². The van der Waals surface area contributed by atoms with E-state index in [4.69, 9.17) is 4.52 Å². The Morgan fingerprint density at radius 1 is 1.04 bits per heavy atom. The zero-order chi connectivity index (χ0) is 18.8. The maximum absolute atomic E-state index is 9.91. The summed E-state index contributed by atoms with van der Waals surface area (Å²) >= 11 is 1.47. The number of rotatable bonds is 5. The quantitative estimate of drug-likeness (QED) is 0.525. The SMILES string of the molecule is Cc1ccc(-n2c(C)nnc2SCc2noc(-c3ccccc3O)n2)cc1. The van der Waals surface area contributed by atoms with E-state index in [2.05, 4.69) is 39.4 Å². The predicted molar refractivity (Wildman–Crippen MR) is 102 cm³/mol. The molecule has 0 unspecified atom stereocenters. The van der Waals surface area contributed by atoms with Crippen LogP contribution in [0.25, 0.3) is 17.1 Å². The fourth-order valence-corrected chi connectivity index (χ4v) is 3.47. The van der Waals surface area contributed by atoms with E-state index in [1.54, 1.807) is 24.3 Å². The molecule has 2 aromatic carbocycles. The molecule has 0 bridgehead atoms. The van der Waals surface area contributed by atoms with Crippen molar-refractivity contribution in [2.45, 2.75) is 24.8 Å². The van der Waals surface area contributed by atoms with Gasteiger partial charge in [0.2, 0.25) is 0 Å². The van der Waals surface area contributed by atoms with E-state index in [0.717, 1.165) is 16.7 Å². The van der Waals surface area contributed by atoms with Crippen LogP contribution in [0, 0.1) is 13.8 Å². The van der Waals surface area contributed by atoms with E-state index < -0.39 is 0 Å². The summed E-state index contributed by atoms with van der Waals surface area (Å²) in [7, 11) is 0. The largest absolute Gasteiger partial charge is 0.507 e. The highest BCUT2D eigenvalue weighted by molar-refractivity contribution is 7.98. The van der Waals surface area contributed by atoms with Gasteiger partial charge in [0.15, 0.2) is 11.0 Å². The second-order valence-corrected chi connectivity index (χ2v) is 6.96. The van der Waals surface area contributed by atoms with Crippen molar-refractivity contribution in [3.8, 4) is 22.9 Å². The fourth-order valence-electron chi connectivity index (χ4n) is 2.63. The van der Waals surface area contributed by atoms with Gasteiger partial charge in [0.25, 0.3) is 5.89 Å². The van der Waals surface area contributed by atoms with Crippen LogP contribution in [0.2, 0.25) is 0 Å². The Labute approximate surface area is 160 Å². The second kappa shape index (κ2) is 7.24. The van der Waals surface area contributed by atoms with Crippen molar-refractivity contribution in [3.05, 3.63) is 65.7 Å². The molecule has 0 spiro atoms. The molecular formula is C19H17N5O2S. The van der Waals surface area contributed by atoms with Crippen molar-refractivity contribution in [2.24, 2.45) is 0 Å². The average molecular weight is 379 g/mol. The van der Waals surface area contributed by atoms with Crippen LogP contribution in [-0.4, -0.2) is 30.0 Å². The standard InChI is InChI=1S/C19H17N5O2S/c1-12-7-9-14(10-8-12)24-13(2)21-22-19(24)27-11-17-20-18(26-23-17)15-5-3-4-6-16(15)25/h3-10,25H,11H2,1-2H3. The van der Waals surface area contributed by atoms with Crippen LogP contribution >= 0.6 is 11.8 Å². The molecule has 7 nitrogen and oxygen atoms in total. The number of benzene rings is 2. The molecule has 0 aliphatic rings. The summed E-state index contributed by atoms with van der Waals surface area (Å²) in [5.41, 5.74) is 2.72. The second-order valence-electron chi connectivity index (χ2n) is 6.02. The van der Waals surface area contributed by atoms with Crippen LogP contribution in [0.4, 0.5) is 0 Å². The van der Waals surface area contributed by atoms with Crippen LogP contribution in [0.15, 0.2) is 58.2 Å². The summed E-state index contributed by atoms with van der Waals surface area (Å²) in [5, 5.41) is 23.1. The molecule has 1 N–H and O–H groups in total. The van der Waals surface area contributed by atoms with Crippen molar-refractivity contribution < 1.29 is 9.63 Å². The maximum atomic E-state index is 9.91. The minimum absolute atomic E-state index is 0.107. The Kier molecular flexibility index (Phi) is 4.64. The summed E-state index contributed by atoms with van der Waals surface area (Å²) in [5.74, 6) is 2.20. The maximum Gasteiger partial charge on any atom is 0.261 e. The van der Waals surface area contributed by atoms with Gasteiger partial charge < -0.3 is 9.63 Å². The highest BCUT2D eigenvalue weighted by Crippen LogP contribution is 2.29. The Morgan fingerprint density at radius 2 is 1.81 bits per heavy atom. The number of nitrogens with zero attached hydrogens (tertiary/aromatic N) is 5. The van der Waals surface area contributed by atoms with Crippen molar-refractivity contribution >= 4 is 11.8 Å². The normalized spacial score (nSPS) is 11.0. The Balaban J connectivity index is 1.54. The first kappa shape index (κ1) is 17.3. The summed E-state index contributed by atoms with van der Waals surface area (Å²) in [6, 6.07) is 15.1. The van der Waals surface area contributed by atoms with Gasteiger partial charge in [0.1, 0.15) is 11.6 Å². The van der Waals surface area contributed by atoms with E-state index in [9.17, 15) is 5.11 Å². The van der Waals surface area contributed by atoms with Crippen molar-refractivity contribution in [1.82, 2.24) is 24.9 Å². The number of phenols is 1. The molecule has 0 fully saturated rings.